The molecule has 0 atom stereocenters. The molecule has 1 heterocycles. The Morgan fingerprint density at radius 1 is 1.64 bits per heavy atom. The molecule has 0 unspecified atom stereocenters. The average Bonchev–Trinajstić information content (AvgIpc) is 1.88. The number of rotatable bonds is 1. The maximum atomic E-state index is 10.1. The second-order valence-electron chi connectivity index (χ2n) is 1.73. The van der Waals surface area contributed by atoms with E-state index < -0.39 is 4.92 Å². The van der Waals surface area contributed by atoms with E-state index in [9.17, 15) is 10.1 Å². The van der Waals surface area contributed by atoms with Crippen molar-refractivity contribution < 1.29 is 22.3 Å². The topological polar surface area (TPSA) is 83.3 Å². The van der Waals surface area contributed by atoms with E-state index in [0.29, 0.717) is 0 Å². The summed E-state index contributed by atoms with van der Waals surface area (Å²) in [7, 11) is 0. The fraction of sp³-hybridized carbons (Fsp3) is 0. The van der Waals surface area contributed by atoms with Crippen LogP contribution in [0.2, 0.25) is 0 Å². The van der Waals surface area contributed by atoms with Gasteiger partial charge in [0, 0.05) is 6.07 Å². The molecule has 1 aromatic heterocycles. The first-order valence-corrected chi connectivity index (χ1v) is 2.62. The number of hydrogen-bond acceptors (Lipinski definition) is 3. The minimum atomic E-state index is -0.536. The van der Waals surface area contributed by atoms with E-state index in [1.165, 1.54) is 18.3 Å². The number of H-pyrrole nitrogens is 1. The lowest BCUT2D eigenvalue weighted by molar-refractivity contribution is -0.409. The third kappa shape index (κ3) is 2.05. The van der Waals surface area contributed by atoms with Crippen LogP contribution >= 0.6 is 0 Å². The highest BCUT2D eigenvalue weighted by Crippen LogP contribution is 2.12. The summed E-state index contributed by atoms with van der Waals surface area (Å²) in [4.78, 5) is 12.1. The molecule has 1 rings (SSSR count). The van der Waals surface area contributed by atoms with Crippen molar-refractivity contribution in [1.29, 1.82) is 0 Å². The van der Waals surface area contributed by atoms with Crippen LogP contribution < -0.4 is 23.1 Å². The van der Waals surface area contributed by atoms with Gasteiger partial charge in [-0.1, -0.05) is 0 Å². The summed E-state index contributed by atoms with van der Waals surface area (Å²) in [5, 5.41) is 10.1. The second-order valence-corrected chi connectivity index (χ2v) is 1.73. The molecular formula is C5H6ClN3O2. The molecule has 0 fully saturated rings. The molecule has 11 heavy (non-hydrogen) atoms. The number of nitrogens with one attached hydrogen (secondary N) is 1. The predicted molar refractivity (Wildman–Crippen MR) is 34.1 cm³/mol. The molecule has 0 saturated heterocycles. The minimum Gasteiger partial charge on any atom is -1.00 e. The van der Waals surface area contributed by atoms with Gasteiger partial charge in [-0.05, 0) is 6.07 Å². The van der Waals surface area contributed by atoms with Gasteiger partial charge in [0.2, 0.25) is 0 Å². The smallest absolute Gasteiger partial charge is 0.357 e. The van der Waals surface area contributed by atoms with Crippen LogP contribution in [0.5, 0.6) is 0 Å². The van der Waals surface area contributed by atoms with Gasteiger partial charge in [0.05, 0.1) is 11.1 Å². The highest BCUT2D eigenvalue weighted by atomic mass is 35.5. The molecule has 0 aromatic carbocycles. The van der Waals surface area contributed by atoms with E-state index in [0.717, 1.165) is 0 Å². The Morgan fingerprint density at radius 2 is 2.27 bits per heavy atom. The zero-order valence-corrected chi connectivity index (χ0v) is 6.21. The molecule has 1 aromatic rings. The zero-order valence-electron chi connectivity index (χ0n) is 5.45. The summed E-state index contributed by atoms with van der Waals surface area (Å²) in [6.45, 7) is 0. The summed E-state index contributed by atoms with van der Waals surface area (Å²) in [6.07, 6.45) is 1.53. The molecule has 0 radical (unpaired) electrons. The lowest BCUT2D eigenvalue weighted by Gasteiger charge is -1.87. The fourth-order valence-electron chi connectivity index (χ4n) is 0.600. The normalized spacial score (nSPS) is 8.36. The summed E-state index contributed by atoms with van der Waals surface area (Å²) < 4.78 is 0. The first-order chi connectivity index (χ1) is 4.72. The van der Waals surface area contributed by atoms with E-state index in [4.69, 9.17) is 5.73 Å². The highest BCUT2D eigenvalue weighted by Gasteiger charge is 2.14. The van der Waals surface area contributed by atoms with Crippen molar-refractivity contribution in [1.82, 2.24) is 0 Å². The van der Waals surface area contributed by atoms with Gasteiger partial charge in [0.1, 0.15) is 0 Å². The molecule has 0 aliphatic carbocycles. The Balaban J connectivity index is 0.000001000. The average molecular weight is 176 g/mol. The lowest BCUT2D eigenvalue weighted by atomic mass is 10.4. The molecule has 0 spiro atoms. The van der Waals surface area contributed by atoms with Crippen LogP contribution in [0.3, 0.4) is 0 Å². The first kappa shape index (κ1) is 9.64. The molecule has 0 aliphatic heterocycles. The van der Waals surface area contributed by atoms with E-state index in [1.807, 2.05) is 0 Å². The molecule has 3 N–H and O–H groups in total. The van der Waals surface area contributed by atoms with Crippen LogP contribution in [0.4, 0.5) is 11.5 Å². The number of nitrogens with zero attached hydrogens (tertiary/aromatic N) is 1. The van der Waals surface area contributed by atoms with Crippen LogP contribution in [0.25, 0.3) is 0 Å². The second kappa shape index (κ2) is 3.72. The van der Waals surface area contributed by atoms with Crippen LogP contribution in [0.15, 0.2) is 18.3 Å². The van der Waals surface area contributed by atoms with Crippen LogP contribution in [-0.2, 0) is 0 Å². The van der Waals surface area contributed by atoms with Gasteiger partial charge in [-0.15, -0.1) is 0 Å². The molecular weight excluding hydrogens is 170 g/mol. The van der Waals surface area contributed by atoms with E-state index in [2.05, 4.69) is 4.98 Å². The molecule has 6 heteroatoms. The molecule has 5 nitrogen and oxygen atoms in total. The van der Waals surface area contributed by atoms with Crippen LogP contribution in [0, 0.1) is 10.1 Å². The molecule has 0 aliphatic rings. The first-order valence-electron chi connectivity index (χ1n) is 2.62. The summed E-state index contributed by atoms with van der Waals surface area (Å²) in [5.74, 6) is 0.0764. The van der Waals surface area contributed by atoms with E-state index in [-0.39, 0.29) is 23.9 Å². The van der Waals surface area contributed by atoms with Crippen molar-refractivity contribution in [3.8, 4) is 0 Å². The Morgan fingerprint density at radius 3 is 2.64 bits per heavy atom. The van der Waals surface area contributed by atoms with Gasteiger partial charge in [-0.25, -0.2) is 4.98 Å². The number of nitrogens with two attached hydrogens (primary N) is 1. The predicted octanol–water partition coefficient (Wildman–Crippen LogP) is -3.00. The van der Waals surface area contributed by atoms with Gasteiger partial charge in [0.15, 0.2) is 0 Å². The summed E-state index contributed by atoms with van der Waals surface area (Å²) >= 11 is 0. The number of halogens is 1. The monoisotopic (exact) mass is 175 g/mol. The number of nitrogen functional groups attached to an aromatic ring is 1. The Bertz CT molecular complexity index is 266. The Kier molecular flexibility index (Phi) is 3.26. The SMILES string of the molecule is Nc1[nH+]cccc1[N+](=O)[O-].[Cl-]. The molecule has 0 saturated carbocycles. The van der Waals surface area contributed by atoms with E-state index >= 15 is 0 Å². The van der Waals surface area contributed by atoms with E-state index in [1.54, 1.807) is 0 Å². The van der Waals surface area contributed by atoms with Gasteiger partial charge >= 0.3 is 11.5 Å². The Hall–Kier alpha value is -1.36. The van der Waals surface area contributed by atoms with Gasteiger partial charge in [-0.2, -0.15) is 0 Å². The maximum absolute atomic E-state index is 10.1. The minimum absolute atomic E-state index is 0. The number of hydrogen-bond donors (Lipinski definition) is 1. The molecule has 0 amide bonds. The van der Waals surface area contributed by atoms with Gasteiger partial charge < -0.3 is 12.4 Å². The van der Waals surface area contributed by atoms with Crippen molar-refractivity contribution in [2.45, 2.75) is 0 Å². The largest absolute Gasteiger partial charge is 1.00 e. The van der Waals surface area contributed by atoms with Crippen LogP contribution in [-0.4, -0.2) is 4.92 Å². The van der Waals surface area contributed by atoms with Crippen molar-refractivity contribution in [2.75, 3.05) is 5.73 Å². The van der Waals surface area contributed by atoms with Crippen molar-refractivity contribution >= 4 is 11.5 Å². The number of aromatic nitrogens is 1. The van der Waals surface area contributed by atoms with Crippen LogP contribution in [0.1, 0.15) is 0 Å². The zero-order chi connectivity index (χ0) is 7.56. The highest BCUT2D eigenvalue weighted by molar-refractivity contribution is 5.46. The van der Waals surface area contributed by atoms with Crippen molar-refractivity contribution in [2.24, 2.45) is 0 Å². The number of aromatic amines is 1. The molecule has 0 bridgehead atoms. The maximum Gasteiger partial charge on any atom is 0.357 e. The number of nitro groups is 1. The number of anilines is 1. The van der Waals surface area contributed by atoms with Crippen molar-refractivity contribution in [3.05, 3.63) is 28.4 Å². The standard InChI is InChI=1S/C5H5N3O2.ClH/c6-5-4(8(9)10)2-1-3-7-5;/h1-3H,(H2,6,7);1H. The van der Waals surface area contributed by atoms with Gasteiger partial charge in [-0.3, -0.25) is 15.8 Å². The fourth-order valence-corrected chi connectivity index (χ4v) is 0.600. The lowest BCUT2D eigenvalue weighted by Crippen LogP contribution is -3.00. The third-order valence-corrected chi connectivity index (χ3v) is 1.06. The Labute approximate surface area is 68.8 Å². The number of pyridine rings is 1. The quantitative estimate of drug-likeness (QED) is 0.365. The van der Waals surface area contributed by atoms with Gasteiger partial charge in [0.25, 0.3) is 0 Å². The summed E-state index contributed by atoms with van der Waals surface area (Å²) in [5.41, 5.74) is 5.13. The third-order valence-electron chi connectivity index (χ3n) is 1.06. The van der Waals surface area contributed by atoms with Crippen molar-refractivity contribution in [3.63, 3.8) is 0 Å². The molecule has 60 valence electrons. The summed E-state index contributed by atoms with van der Waals surface area (Å²) in [6, 6.07) is 2.86.